The van der Waals surface area contributed by atoms with Crippen molar-refractivity contribution in [3.8, 4) is 0 Å². The van der Waals surface area contributed by atoms with Crippen LogP contribution in [0.25, 0.3) is 10.9 Å². The Morgan fingerprint density at radius 3 is 2.88 bits per heavy atom. The fraction of sp³-hybridized carbons (Fsp3) is 0.364. The zero-order chi connectivity index (χ0) is 17.1. The highest BCUT2D eigenvalue weighted by atomic mass is 15.1. The smallest absolute Gasteiger partial charge is 0.0456 e. The number of anilines is 1. The van der Waals surface area contributed by atoms with Crippen LogP contribution >= 0.6 is 0 Å². The van der Waals surface area contributed by atoms with E-state index in [1.807, 2.05) is 0 Å². The molecule has 1 aliphatic heterocycles. The summed E-state index contributed by atoms with van der Waals surface area (Å²) >= 11 is 0. The second-order valence-electron chi connectivity index (χ2n) is 7.17. The van der Waals surface area contributed by atoms with Crippen molar-refractivity contribution in [2.75, 3.05) is 31.6 Å². The molecule has 0 amide bonds. The second-order valence-corrected chi connectivity index (χ2v) is 7.17. The Morgan fingerprint density at radius 2 is 1.96 bits per heavy atom. The maximum Gasteiger partial charge on any atom is 0.0456 e. The van der Waals surface area contributed by atoms with Crippen LogP contribution in [-0.2, 0) is 12.8 Å². The maximum absolute atomic E-state index is 3.39. The van der Waals surface area contributed by atoms with Gasteiger partial charge in [0.05, 0.1) is 0 Å². The molecule has 25 heavy (non-hydrogen) atoms. The SMILES string of the molecule is CNCC1Cc2ccccc2N(CCCc2c[nH]c3ccccc23)C1. The van der Waals surface area contributed by atoms with Gasteiger partial charge < -0.3 is 15.2 Å². The van der Waals surface area contributed by atoms with E-state index in [0.29, 0.717) is 5.92 Å². The Hall–Kier alpha value is -2.26. The molecule has 3 aromatic rings. The Bertz CT molecular complexity index is 836. The van der Waals surface area contributed by atoms with Crippen molar-refractivity contribution >= 4 is 16.6 Å². The average molecular weight is 333 g/mol. The first-order valence-electron chi connectivity index (χ1n) is 9.37. The van der Waals surface area contributed by atoms with Crippen LogP contribution in [0.1, 0.15) is 17.5 Å². The molecule has 130 valence electrons. The highest BCUT2D eigenvalue weighted by molar-refractivity contribution is 5.83. The molecule has 2 heterocycles. The van der Waals surface area contributed by atoms with Gasteiger partial charge in [-0.15, -0.1) is 0 Å². The van der Waals surface area contributed by atoms with Gasteiger partial charge in [0.1, 0.15) is 0 Å². The van der Waals surface area contributed by atoms with Crippen LogP contribution in [0, 0.1) is 5.92 Å². The zero-order valence-electron chi connectivity index (χ0n) is 15.0. The molecule has 0 saturated heterocycles. The van der Waals surface area contributed by atoms with Crippen LogP contribution < -0.4 is 10.2 Å². The molecule has 1 unspecified atom stereocenters. The van der Waals surface area contributed by atoms with Gasteiger partial charge in [-0.1, -0.05) is 36.4 Å². The van der Waals surface area contributed by atoms with Crippen LogP contribution in [0.4, 0.5) is 5.69 Å². The molecule has 3 nitrogen and oxygen atoms in total. The number of H-pyrrole nitrogens is 1. The van der Waals surface area contributed by atoms with E-state index in [1.54, 1.807) is 0 Å². The van der Waals surface area contributed by atoms with E-state index in [0.717, 1.165) is 26.1 Å². The van der Waals surface area contributed by atoms with E-state index < -0.39 is 0 Å². The minimum absolute atomic E-state index is 0.702. The topological polar surface area (TPSA) is 31.1 Å². The average Bonchev–Trinajstić information content (AvgIpc) is 3.05. The molecule has 1 aliphatic rings. The fourth-order valence-electron chi connectivity index (χ4n) is 4.21. The van der Waals surface area contributed by atoms with Gasteiger partial charge in [0.15, 0.2) is 0 Å². The number of rotatable bonds is 6. The molecule has 0 spiro atoms. The highest BCUT2D eigenvalue weighted by Crippen LogP contribution is 2.30. The number of nitrogens with zero attached hydrogens (tertiary/aromatic N) is 1. The molecule has 4 rings (SSSR count). The van der Waals surface area contributed by atoms with Crippen molar-refractivity contribution in [2.45, 2.75) is 19.3 Å². The minimum Gasteiger partial charge on any atom is -0.371 e. The largest absolute Gasteiger partial charge is 0.371 e. The Labute approximate surface area is 150 Å². The third-order valence-electron chi connectivity index (χ3n) is 5.36. The minimum atomic E-state index is 0.702. The summed E-state index contributed by atoms with van der Waals surface area (Å²) in [4.78, 5) is 5.99. The second kappa shape index (κ2) is 7.32. The lowest BCUT2D eigenvalue weighted by Gasteiger charge is -2.36. The molecule has 2 aromatic carbocycles. The van der Waals surface area contributed by atoms with Crippen molar-refractivity contribution in [3.63, 3.8) is 0 Å². The maximum atomic E-state index is 3.39. The lowest BCUT2D eigenvalue weighted by atomic mass is 9.92. The summed E-state index contributed by atoms with van der Waals surface area (Å²) in [5, 5.41) is 4.73. The van der Waals surface area contributed by atoms with Gasteiger partial charge >= 0.3 is 0 Å². The van der Waals surface area contributed by atoms with E-state index in [4.69, 9.17) is 0 Å². The summed E-state index contributed by atoms with van der Waals surface area (Å²) in [5.41, 5.74) is 5.62. The van der Waals surface area contributed by atoms with E-state index >= 15 is 0 Å². The van der Waals surface area contributed by atoms with E-state index in [2.05, 4.69) is 77.0 Å². The van der Waals surface area contributed by atoms with Gasteiger partial charge in [-0.3, -0.25) is 0 Å². The van der Waals surface area contributed by atoms with Crippen molar-refractivity contribution in [2.24, 2.45) is 5.92 Å². The first kappa shape index (κ1) is 16.2. The van der Waals surface area contributed by atoms with Crippen molar-refractivity contribution < 1.29 is 0 Å². The molecule has 0 bridgehead atoms. The molecule has 0 saturated carbocycles. The molecular weight excluding hydrogens is 306 g/mol. The molecule has 1 aromatic heterocycles. The van der Waals surface area contributed by atoms with Crippen molar-refractivity contribution in [3.05, 3.63) is 65.9 Å². The van der Waals surface area contributed by atoms with Crippen LogP contribution in [0.3, 0.4) is 0 Å². The number of aryl methyl sites for hydroxylation is 1. The van der Waals surface area contributed by atoms with Gasteiger partial charge in [0, 0.05) is 35.9 Å². The number of nitrogens with one attached hydrogen (secondary N) is 2. The van der Waals surface area contributed by atoms with E-state index in [-0.39, 0.29) is 0 Å². The highest BCUT2D eigenvalue weighted by Gasteiger charge is 2.23. The van der Waals surface area contributed by atoms with Gasteiger partial charge in [-0.25, -0.2) is 0 Å². The number of benzene rings is 2. The quantitative estimate of drug-likeness (QED) is 0.714. The van der Waals surface area contributed by atoms with Gasteiger partial charge in [-0.2, -0.15) is 0 Å². The number of para-hydroxylation sites is 2. The first-order valence-corrected chi connectivity index (χ1v) is 9.37. The summed E-state index contributed by atoms with van der Waals surface area (Å²) in [7, 11) is 2.06. The molecule has 3 heteroatoms. The van der Waals surface area contributed by atoms with E-state index in [1.165, 1.54) is 40.6 Å². The molecule has 1 atom stereocenters. The zero-order valence-corrected chi connectivity index (χ0v) is 15.0. The van der Waals surface area contributed by atoms with Crippen LogP contribution in [0.15, 0.2) is 54.7 Å². The summed E-state index contributed by atoms with van der Waals surface area (Å²) < 4.78 is 0. The summed E-state index contributed by atoms with van der Waals surface area (Å²) in [6.07, 6.45) is 5.68. The monoisotopic (exact) mass is 333 g/mol. The molecule has 0 aliphatic carbocycles. The lowest BCUT2D eigenvalue weighted by molar-refractivity contribution is 0.466. The predicted molar refractivity (Wildman–Crippen MR) is 106 cm³/mol. The Kier molecular flexibility index (Phi) is 4.75. The molecular formula is C22H27N3. The third-order valence-corrected chi connectivity index (χ3v) is 5.36. The standard InChI is InChI=1S/C22H27N3/c1-23-14-17-13-18-7-2-5-11-22(18)25(16-17)12-6-8-19-15-24-21-10-4-3-9-20(19)21/h2-5,7,9-11,15,17,23-24H,6,8,12-14,16H2,1H3. The number of aromatic nitrogens is 1. The molecule has 0 fully saturated rings. The van der Waals surface area contributed by atoms with Gasteiger partial charge in [-0.05, 0) is 62.0 Å². The summed E-state index contributed by atoms with van der Waals surface area (Å²) in [6.45, 7) is 3.37. The number of aromatic amines is 1. The molecule has 0 radical (unpaired) electrons. The summed E-state index contributed by atoms with van der Waals surface area (Å²) in [5.74, 6) is 0.702. The van der Waals surface area contributed by atoms with Gasteiger partial charge in [0.25, 0.3) is 0 Å². The van der Waals surface area contributed by atoms with E-state index in [9.17, 15) is 0 Å². The number of hydrogen-bond acceptors (Lipinski definition) is 2. The van der Waals surface area contributed by atoms with Crippen molar-refractivity contribution in [1.29, 1.82) is 0 Å². The first-order chi connectivity index (χ1) is 12.3. The van der Waals surface area contributed by atoms with Crippen LogP contribution in [-0.4, -0.2) is 31.7 Å². The van der Waals surface area contributed by atoms with Crippen LogP contribution in [0.5, 0.6) is 0 Å². The fourth-order valence-corrected chi connectivity index (χ4v) is 4.21. The number of fused-ring (bicyclic) bond motifs is 2. The molecule has 2 N–H and O–H groups in total. The summed E-state index contributed by atoms with van der Waals surface area (Å²) in [6, 6.07) is 17.5. The Balaban J connectivity index is 1.45. The normalized spacial score (nSPS) is 17.0. The number of hydrogen-bond donors (Lipinski definition) is 2. The van der Waals surface area contributed by atoms with Gasteiger partial charge in [0.2, 0.25) is 0 Å². The predicted octanol–water partition coefficient (Wildman–Crippen LogP) is 4.00. The van der Waals surface area contributed by atoms with Crippen LogP contribution in [0.2, 0.25) is 0 Å². The third kappa shape index (κ3) is 3.42. The van der Waals surface area contributed by atoms with Crippen molar-refractivity contribution in [1.82, 2.24) is 10.3 Å². The Morgan fingerprint density at radius 1 is 1.12 bits per heavy atom. The lowest BCUT2D eigenvalue weighted by Crippen LogP contribution is -2.39.